The van der Waals surface area contributed by atoms with Crippen molar-refractivity contribution in [3.05, 3.63) is 24.2 Å². The van der Waals surface area contributed by atoms with Gasteiger partial charge >= 0.3 is 0 Å². The Hall–Kier alpha value is -2.34. The monoisotopic (exact) mass is 334 g/mol. The van der Waals surface area contributed by atoms with Gasteiger partial charge in [0, 0.05) is 0 Å². The molecular formula is C14H18N6O2S. The molecule has 0 bridgehead atoms. The SMILES string of the molecule is CC(C)C(C)(C#N)NC(=O)CSc1nnnn1Cc1ccco1. The number of furan rings is 1. The van der Waals surface area contributed by atoms with Gasteiger partial charge in [-0.2, -0.15) is 5.26 Å². The van der Waals surface area contributed by atoms with E-state index in [-0.39, 0.29) is 17.6 Å². The van der Waals surface area contributed by atoms with Gasteiger partial charge in [-0.15, -0.1) is 5.10 Å². The number of hydrogen-bond donors (Lipinski definition) is 1. The molecule has 122 valence electrons. The maximum absolute atomic E-state index is 12.1. The molecule has 2 aromatic heterocycles. The fourth-order valence-electron chi connectivity index (χ4n) is 1.71. The second-order valence-corrected chi connectivity index (χ2v) is 6.45. The highest BCUT2D eigenvalue weighted by Gasteiger charge is 2.30. The molecule has 0 spiro atoms. The van der Waals surface area contributed by atoms with Crippen LogP contribution in [0.4, 0.5) is 0 Å². The van der Waals surface area contributed by atoms with Gasteiger partial charge in [-0.05, 0) is 35.4 Å². The minimum absolute atomic E-state index is 0.00530. The third-order valence-electron chi connectivity index (χ3n) is 3.50. The summed E-state index contributed by atoms with van der Waals surface area (Å²) in [6.45, 7) is 5.88. The van der Waals surface area contributed by atoms with Crippen LogP contribution in [0, 0.1) is 17.2 Å². The number of carbonyl (C=O) groups excluding carboxylic acids is 1. The zero-order valence-corrected chi connectivity index (χ0v) is 14.0. The molecule has 9 heteroatoms. The molecule has 0 saturated heterocycles. The van der Waals surface area contributed by atoms with Gasteiger partial charge < -0.3 is 9.73 Å². The normalized spacial score (nSPS) is 13.5. The van der Waals surface area contributed by atoms with Gasteiger partial charge in [0.1, 0.15) is 17.8 Å². The van der Waals surface area contributed by atoms with Crippen molar-refractivity contribution in [1.82, 2.24) is 25.5 Å². The van der Waals surface area contributed by atoms with Crippen molar-refractivity contribution in [2.24, 2.45) is 5.92 Å². The summed E-state index contributed by atoms with van der Waals surface area (Å²) in [7, 11) is 0. The van der Waals surface area contributed by atoms with Crippen LogP contribution in [0.2, 0.25) is 0 Å². The van der Waals surface area contributed by atoms with Crippen LogP contribution in [-0.4, -0.2) is 37.4 Å². The highest BCUT2D eigenvalue weighted by Crippen LogP contribution is 2.18. The summed E-state index contributed by atoms with van der Waals surface area (Å²) in [6, 6.07) is 5.75. The quantitative estimate of drug-likeness (QED) is 0.763. The average Bonchev–Trinajstić information content (AvgIpc) is 3.17. The minimum atomic E-state index is -0.891. The predicted molar refractivity (Wildman–Crippen MR) is 83.3 cm³/mol. The number of tetrazole rings is 1. The van der Waals surface area contributed by atoms with E-state index in [1.807, 2.05) is 19.9 Å². The molecule has 2 aromatic rings. The Morgan fingerprint density at radius 3 is 3.00 bits per heavy atom. The topological polar surface area (TPSA) is 110 Å². The number of nitriles is 1. The van der Waals surface area contributed by atoms with Crippen LogP contribution in [0.5, 0.6) is 0 Å². The highest BCUT2D eigenvalue weighted by molar-refractivity contribution is 7.99. The third kappa shape index (κ3) is 4.32. The number of nitrogens with one attached hydrogen (secondary N) is 1. The highest BCUT2D eigenvalue weighted by atomic mass is 32.2. The van der Waals surface area contributed by atoms with E-state index in [9.17, 15) is 10.1 Å². The Morgan fingerprint density at radius 1 is 1.61 bits per heavy atom. The molecule has 0 aromatic carbocycles. The van der Waals surface area contributed by atoms with Gasteiger partial charge in [0.25, 0.3) is 0 Å². The standard InChI is InChI=1S/C14H18N6O2S/c1-10(2)14(3,9-15)16-12(21)8-23-13-17-18-19-20(13)7-11-5-4-6-22-11/h4-6,10H,7-8H2,1-3H3,(H,16,21). The first-order chi connectivity index (χ1) is 10.9. The fraction of sp³-hybridized carbons (Fsp3) is 0.500. The second kappa shape index (κ2) is 7.28. The molecule has 2 heterocycles. The summed E-state index contributed by atoms with van der Waals surface area (Å²) in [4.78, 5) is 12.1. The number of aromatic nitrogens is 4. The van der Waals surface area contributed by atoms with E-state index in [1.54, 1.807) is 23.9 Å². The van der Waals surface area contributed by atoms with Crippen molar-refractivity contribution >= 4 is 17.7 Å². The van der Waals surface area contributed by atoms with Crippen LogP contribution in [0.1, 0.15) is 26.5 Å². The molecule has 23 heavy (non-hydrogen) atoms. The van der Waals surface area contributed by atoms with E-state index < -0.39 is 5.54 Å². The van der Waals surface area contributed by atoms with Gasteiger partial charge in [0.2, 0.25) is 11.1 Å². The van der Waals surface area contributed by atoms with Crippen molar-refractivity contribution in [3.63, 3.8) is 0 Å². The number of amides is 1. The summed E-state index contributed by atoms with van der Waals surface area (Å²) >= 11 is 1.21. The van der Waals surface area contributed by atoms with E-state index in [4.69, 9.17) is 4.42 Å². The lowest BCUT2D eigenvalue weighted by Gasteiger charge is -2.27. The molecule has 0 saturated carbocycles. The maximum Gasteiger partial charge on any atom is 0.231 e. The first-order valence-electron chi connectivity index (χ1n) is 7.08. The Labute approximate surface area is 138 Å². The van der Waals surface area contributed by atoms with E-state index in [1.165, 1.54) is 11.8 Å². The van der Waals surface area contributed by atoms with E-state index in [0.29, 0.717) is 11.7 Å². The number of nitrogens with zero attached hydrogens (tertiary/aromatic N) is 5. The van der Waals surface area contributed by atoms with Crippen molar-refractivity contribution in [1.29, 1.82) is 5.26 Å². The number of carbonyl (C=O) groups is 1. The van der Waals surface area contributed by atoms with Crippen LogP contribution >= 0.6 is 11.8 Å². The summed E-state index contributed by atoms with van der Waals surface area (Å²) in [5.41, 5.74) is -0.891. The molecule has 1 amide bonds. The molecule has 1 atom stereocenters. The Balaban J connectivity index is 1.93. The van der Waals surface area contributed by atoms with Crippen molar-refractivity contribution in [2.45, 2.75) is 38.0 Å². The minimum Gasteiger partial charge on any atom is -0.467 e. The van der Waals surface area contributed by atoms with Crippen LogP contribution in [0.15, 0.2) is 28.0 Å². The lowest BCUT2D eigenvalue weighted by molar-refractivity contribution is -0.120. The Morgan fingerprint density at radius 2 is 2.39 bits per heavy atom. The molecule has 1 unspecified atom stereocenters. The van der Waals surface area contributed by atoms with Gasteiger partial charge in [-0.3, -0.25) is 4.79 Å². The molecule has 1 N–H and O–H groups in total. The van der Waals surface area contributed by atoms with E-state index in [2.05, 4.69) is 26.9 Å². The zero-order chi connectivity index (χ0) is 16.9. The molecule has 8 nitrogen and oxygen atoms in total. The molecule has 0 aliphatic carbocycles. The van der Waals surface area contributed by atoms with Gasteiger partial charge in [0.05, 0.1) is 18.1 Å². The van der Waals surface area contributed by atoms with E-state index >= 15 is 0 Å². The zero-order valence-electron chi connectivity index (χ0n) is 13.2. The van der Waals surface area contributed by atoms with Crippen LogP contribution < -0.4 is 5.32 Å². The molecule has 0 fully saturated rings. The average molecular weight is 334 g/mol. The number of rotatable bonds is 7. The molecule has 0 radical (unpaired) electrons. The molecule has 2 rings (SSSR count). The van der Waals surface area contributed by atoms with Crippen molar-refractivity contribution < 1.29 is 9.21 Å². The first kappa shape index (κ1) is 17.0. The van der Waals surface area contributed by atoms with Gasteiger partial charge in [-0.1, -0.05) is 25.6 Å². The molecular weight excluding hydrogens is 316 g/mol. The summed E-state index contributed by atoms with van der Waals surface area (Å²) < 4.78 is 6.81. The van der Waals surface area contributed by atoms with Gasteiger partial charge in [0.15, 0.2) is 0 Å². The van der Waals surface area contributed by atoms with Crippen LogP contribution in [0.3, 0.4) is 0 Å². The van der Waals surface area contributed by atoms with Gasteiger partial charge in [-0.25, -0.2) is 4.68 Å². The number of thioether (sulfide) groups is 1. The maximum atomic E-state index is 12.1. The molecule has 0 aliphatic heterocycles. The van der Waals surface area contributed by atoms with Crippen LogP contribution in [0.25, 0.3) is 0 Å². The Bertz CT molecular complexity index is 690. The van der Waals surface area contributed by atoms with Crippen molar-refractivity contribution in [2.75, 3.05) is 5.75 Å². The largest absolute Gasteiger partial charge is 0.467 e. The fourth-order valence-corrected chi connectivity index (χ4v) is 2.38. The summed E-state index contributed by atoms with van der Waals surface area (Å²) in [6.07, 6.45) is 1.58. The lowest BCUT2D eigenvalue weighted by atomic mass is 9.90. The third-order valence-corrected chi connectivity index (χ3v) is 4.46. The number of hydrogen-bond acceptors (Lipinski definition) is 7. The lowest BCUT2D eigenvalue weighted by Crippen LogP contribution is -2.49. The smallest absolute Gasteiger partial charge is 0.231 e. The first-order valence-corrected chi connectivity index (χ1v) is 8.07. The molecule has 0 aliphatic rings. The second-order valence-electron chi connectivity index (χ2n) is 5.50. The van der Waals surface area contributed by atoms with E-state index in [0.717, 1.165) is 5.76 Å². The summed E-state index contributed by atoms with van der Waals surface area (Å²) in [5, 5.41) is 23.9. The predicted octanol–water partition coefficient (Wildman–Crippen LogP) is 1.46. The van der Waals surface area contributed by atoms with Crippen molar-refractivity contribution in [3.8, 4) is 6.07 Å². The van der Waals surface area contributed by atoms with Crippen LogP contribution in [-0.2, 0) is 11.3 Å². The summed E-state index contributed by atoms with van der Waals surface area (Å²) in [5.74, 6) is 0.620. The Kier molecular flexibility index (Phi) is 5.39.